The average Bonchev–Trinajstić information content (AvgIpc) is 3.54. The standard InChI is InChI=1S/C34H44N8O3.C2HF3O2/c35-15-20-40-23-21-39(22-24-40)17-4-7-30(43)41-18-13-25(14-19-41)29-12-16-37-34-31(33(36)44)32(38-42(29)34)26-8-10-28(11-9-26)45-27-5-2-1-3-6-27;3-2(4,5)1(6)7/h1-11,25,29,37H,12-24,35H2,(H2,36,44);(H,6,7)/t29-;/m0./s1. The highest BCUT2D eigenvalue weighted by atomic mass is 19.4. The highest BCUT2D eigenvalue weighted by Gasteiger charge is 2.38. The molecular formula is C36H45F3N8O5. The van der Waals surface area contributed by atoms with Gasteiger partial charge in [-0.1, -0.05) is 24.3 Å². The van der Waals surface area contributed by atoms with Gasteiger partial charge in [0.2, 0.25) is 5.91 Å². The summed E-state index contributed by atoms with van der Waals surface area (Å²) >= 11 is 0. The number of nitrogens with zero attached hydrogens (tertiary/aromatic N) is 5. The van der Waals surface area contributed by atoms with E-state index in [1.165, 1.54) is 0 Å². The number of alkyl halides is 3. The highest BCUT2D eigenvalue weighted by Crippen LogP contribution is 2.40. The summed E-state index contributed by atoms with van der Waals surface area (Å²) in [7, 11) is 0. The molecule has 1 atom stereocenters. The molecule has 3 aliphatic heterocycles. The highest BCUT2D eigenvalue weighted by molar-refractivity contribution is 6.03. The van der Waals surface area contributed by atoms with E-state index in [1.807, 2.05) is 70.3 Å². The van der Waals surface area contributed by atoms with E-state index in [4.69, 9.17) is 31.2 Å². The van der Waals surface area contributed by atoms with Crippen molar-refractivity contribution in [3.8, 4) is 22.8 Å². The second-order valence-electron chi connectivity index (χ2n) is 12.9. The number of carbonyl (C=O) groups is 3. The van der Waals surface area contributed by atoms with Gasteiger partial charge in [-0.2, -0.15) is 18.3 Å². The van der Waals surface area contributed by atoms with Crippen molar-refractivity contribution < 1.29 is 37.4 Å². The van der Waals surface area contributed by atoms with E-state index in [1.54, 1.807) is 6.08 Å². The summed E-state index contributed by atoms with van der Waals surface area (Å²) in [6, 6.07) is 17.3. The number of amides is 2. The Kier molecular flexibility index (Phi) is 12.9. The van der Waals surface area contributed by atoms with Crippen LogP contribution in [0.25, 0.3) is 11.3 Å². The third kappa shape index (κ3) is 9.89. The third-order valence-corrected chi connectivity index (χ3v) is 9.48. The molecule has 16 heteroatoms. The van der Waals surface area contributed by atoms with Crippen LogP contribution in [0.15, 0.2) is 66.7 Å². The van der Waals surface area contributed by atoms with E-state index >= 15 is 0 Å². The van der Waals surface area contributed by atoms with Gasteiger partial charge < -0.3 is 31.5 Å². The molecule has 0 saturated carbocycles. The number of hydrogen-bond donors (Lipinski definition) is 4. The first-order chi connectivity index (χ1) is 24.9. The number of carboxylic acid groups (broad SMARTS) is 1. The van der Waals surface area contributed by atoms with E-state index in [0.717, 1.165) is 76.4 Å². The number of aromatic nitrogens is 2. The van der Waals surface area contributed by atoms with Crippen LogP contribution in [-0.2, 0) is 9.59 Å². The van der Waals surface area contributed by atoms with Crippen molar-refractivity contribution in [3.63, 3.8) is 0 Å². The van der Waals surface area contributed by atoms with Crippen LogP contribution in [-0.4, -0.2) is 119 Å². The Morgan fingerprint density at radius 3 is 2.13 bits per heavy atom. The van der Waals surface area contributed by atoms with Crippen LogP contribution in [0.3, 0.4) is 0 Å². The van der Waals surface area contributed by atoms with Gasteiger partial charge in [0.25, 0.3) is 5.91 Å². The Morgan fingerprint density at radius 2 is 1.54 bits per heavy atom. The summed E-state index contributed by atoms with van der Waals surface area (Å²) in [5.74, 6) is -0.700. The molecule has 6 rings (SSSR count). The second-order valence-corrected chi connectivity index (χ2v) is 12.9. The number of fused-ring (bicyclic) bond motifs is 1. The Morgan fingerprint density at radius 1 is 0.923 bits per heavy atom. The maximum absolute atomic E-state index is 13.0. The monoisotopic (exact) mass is 726 g/mol. The van der Waals surface area contributed by atoms with Crippen molar-refractivity contribution in [1.82, 2.24) is 24.5 Å². The van der Waals surface area contributed by atoms with Gasteiger partial charge in [0.15, 0.2) is 0 Å². The fraction of sp³-hybridized carbons (Fsp3) is 0.444. The molecule has 2 saturated heterocycles. The van der Waals surface area contributed by atoms with Gasteiger partial charge in [0.1, 0.15) is 28.6 Å². The number of nitrogens with two attached hydrogens (primary N) is 2. The number of nitrogens with one attached hydrogen (secondary N) is 1. The number of halogens is 3. The number of para-hydroxylation sites is 1. The molecule has 2 aromatic carbocycles. The number of rotatable bonds is 10. The minimum atomic E-state index is -5.08. The van der Waals surface area contributed by atoms with E-state index in [-0.39, 0.29) is 11.9 Å². The Balaban J connectivity index is 0.000000679. The number of carbonyl (C=O) groups excluding carboxylic acids is 2. The molecule has 0 spiro atoms. The minimum Gasteiger partial charge on any atom is -0.475 e. The Labute approximate surface area is 300 Å². The zero-order valence-corrected chi connectivity index (χ0v) is 28.8. The van der Waals surface area contributed by atoms with Crippen molar-refractivity contribution in [3.05, 3.63) is 72.3 Å². The Hall–Kier alpha value is -4.93. The summed E-state index contributed by atoms with van der Waals surface area (Å²) in [6.45, 7) is 8.66. The number of primary amides is 1. The van der Waals surface area contributed by atoms with Crippen molar-refractivity contribution >= 4 is 23.6 Å². The van der Waals surface area contributed by atoms with Crippen molar-refractivity contribution in [1.29, 1.82) is 0 Å². The van der Waals surface area contributed by atoms with E-state index in [9.17, 15) is 22.8 Å². The fourth-order valence-electron chi connectivity index (χ4n) is 6.77. The number of piperidine rings is 1. The minimum absolute atomic E-state index is 0.0818. The predicted octanol–water partition coefficient (Wildman–Crippen LogP) is 3.80. The molecular weight excluding hydrogens is 681 g/mol. The molecule has 0 unspecified atom stereocenters. The molecule has 1 aromatic heterocycles. The van der Waals surface area contributed by atoms with Gasteiger partial charge in [0, 0.05) is 77.1 Å². The number of anilines is 1. The third-order valence-electron chi connectivity index (χ3n) is 9.48. The Bertz CT molecular complexity index is 1680. The van der Waals surface area contributed by atoms with Gasteiger partial charge in [-0.05, 0) is 61.6 Å². The van der Waals surface area contributed by atoms with Crippen LogP contribution in [0.2, 0.25) is 0 Å². The van der Waals surface area contributed by atoms with Gasteiger partial charge in [-0.25, -0.2) is 9.48 Å². The van der Waals surface area contributed by atoms with Crippen molar-refractivity contribution in [2.45, 2.75) is 31.5 Å². The fourth-order valence-corrected chi connectivity index (χ4v) is 6.77. The molecule has 3 aromatic rings. The van der Waals surface area contributed by atoms with E-state index < -0.39 is 18.1 Å². The lowest BCUT2D eigenvalue weighted by Gasteiger charge is -2.38. The van der Waals surface area contributed by atoms with Gasteiger partial charge in [-0.15, -0.1) is 0 Å². The summed E-state index contributed by atoms with van der Waals surface area (Å²) in [4.78, 5) is 41.3. The maximum Gasteiger partial charge on any atom is 0.490 e. The second kappa shape index (κ2) is 17.5. The van der Waals surface area contributed by atoms with Crippen LogP contribution in [0.4, 0.5) is 19.0 Å². The summed E-state index contributed by atoms with van der Waals surface area (Å²) in [5, 5.41) is 15.5. The molecule has 52 heavy (non-hydrogen) atoms. The zero-order valence-electron chi connectivity index (χ0n) is 28.8. The van der Waals surface area contributed by atoms with Crippen molar-refractivity contribution in [2.75, 3.05) is 70.8 Å². The number of aliphatic carboxylic acids is 1. The number of carboxylic acids is 1. The number of piperazine rings is 1. The van der Waals surface area contributed by atoms with Crippen LogP contribution in [0, 0.1) is 5.92 Å². The summed E-state index contributed by atoms with van der Waals surface area (Å²) < 4.78 is 39.7. The molecule has 13 nitrogen and oxygen atoms in total. The maximum atomic E-state index is 13.0. The van der Waals surface area contributed by atoms with Crippen LogP contribution in [0.1, 0.15) is 35.7 Å². The molecule has 2 fully saturated rings. The molecule has 0 aliphatic carbocycles. The number of ether oxygens (including phenoxy) is 1. The lowest BCUT2D eigenvalue weighted by molar-refractivity contribution is -0.192. The van der Waals surface area contributed by atoms with Gasteiger partial charge in [0.05, 0.1) is 6.04 Å². The first-order valence-corrected chi connectivity index (χ1v) is 17.3. The van der Waals surface area contributed by atoms with Gasteiger partial charge in [-0.3, -0.25) is 19.4 Å². The van der Waals surface area contributed by atoms with Crippen LogP contribution in [0.5, 0.6) is 11.5 Å². The summed E-state index contributed by atoms with van der Waals surface area (Å²) in [5.41, 5.74) is 13.4. The van der Waals surface area contributed by atoms with E-state index in [0.29, 0.717) is 48.4 Å². The number of benzene rings is 2. The first-order valence-electron chi connectivity index (χ1n) is 17.3. The molecule has 4 heterocycles. The normalized spacial score (nSPS) is 18.6. The summed E-state index contributed by atoms with van der Waals surface area (Å²) in [6.07, 6.45) is 1.33. The average molecular weight is 727 g/mol. The number of likely N-dealkylation sites (tertiary alicyclic amines) is 1. The SMILES string of the molecule is NCCN1CCN(CC=CC(=O)N2CCC([C@@H]3CCNc4c(C(N)=O)c(-c5ccc(Oc6ccccc6)cc5)nn43)CC2)CC1.O=C(O)C(F)(F)F. The molecule has 2 amide bonds. The largest absolute Gasteiger partial charge is 0.490 e. The predicted molar refractivity (Wildman–Crippen MR) is 189 cm³/mol. The van der Waals surface area contributed by atoms with Crippen molar-refractivity contribution in [2.24, 2.45) is 17.4 Å². The lowest BCUT2D eigenvalue weighted by Crippen LogP contribution is -2.47. The lowest BCUT2D eigenvalue weighted by atomic mass is 9.87. The molecule has 6 N–H and O–H groups in total. The quantitative estimate of drug-likeness (QED) is 0.225. The first kappa shape index (κ1) is 38.3. The molecule has 3 aliphatic rings. The van der Waals surface area contributed by atoms with Crippen LogP contribution >= 0.6 is 0 Å². The molecule has 0 bridgehead atoms. The smallest absolute Gasteiger partial charge is 0.475 e. The van der Waals surface area contributed by atoms with Gasteiger partial charge >= 0.3 is 12.1 Å². The number of hydrogen-bond acceptors (Lipinski definition) is 9. The zero-order chi connectivity index (χ0) is 37.3. The van der Waals surface area contributed by atoms with E-state index in [2.05, 4.69) is 15.1 Å². The molecule has 0 radical (unpaired) electrons. The topological polar surface area (TPSA) is 172 Å². The molecule has 280 valence electrons. The van der Waals surface area contributed by atoms with Crippen LogP contribution < -0.4 is 21.5 Å².